The fourth-order valence-corrected chi connectivity index (χ4v) is 9.56. The van der Waals surface area contributed by atoms with Crippen LogP contribution < -0.4 is 0 Å². The van der Waals surface area contributed by atoms with Crippen LogP contribution in [0.3, 0.4) is 0 Å². The molecule has 4 aliphatic rings. The van der Waals surface area contributed by atoms with Gasteiger partial charge in [0.2, 0.25) is 0 Å². The van der Waals surface area contributed by atoms with Crippen molar-refractivity contribution in [1.82, 2.24) is 0 Å². The monoisotopic (exact) mass is 318 g/mol. The van der Waals surface area contributed by atoms with Crippen LogP contribution in [-0.2, 0) is 0 Å². The Morgan fingerprint density at radius 1 is 0.857 bits per heavy atom. The van der Waals surface area contributed by atoms with Gasteiger partial charge in [-0.2, -0.15) is 0 Å². The molecule has 0 aromatic rings. The molecule has 2 atom stereocenters. The summed E-state index contributed by atoms with van der Waals surface area (Å²) < 4.78 is 0.906. The van der Waals surface area contributed by atoms with Crippen LogP contribution in [0.4, 0.5) is 0 Å². The predicted molar refractivity (Wildman–Crippen MR) is 70.4 cm³/mol. The molecule has 2 unspecified atom stereocenters. The molecule has 78 valence electrons. The summed E-state index contributed by atoms with van der Waals surface area (Å²) >= 11 is 8.07. The third-order valence-corrected chi connectivity index (χ3v) is 6.14. The number of hydrogen-bond acceptors (Lipinski definition) is 0. The second-order valence-electron chi connectivity index (χ2n) is 6.98. The quantitative estimate of drug-likeness (QED) is 0.474. The van der Waals surface area contributed by atoms with E-state index in [-0.39, 0.29) is 0 Å². The van der Waals surface area contributed by atoms with Crippen molar-refractivity contribution in [3.8, 4) is 0 Å². The third kappa shape index (κ3) is 1.37. The lowest BCUT2D eigenvalue weighted by atomic mass is 9.39. The summed E-state index contributed by atoms with van der Waals surface area (Å²) in [5.74, 6) is 0. The van der Waals surface area contributed by atoms with E-state index in [4.69, 9.17) is 0 Å². The first kappa shape index (κ1) is 10.2. The lowest BCUT2D eigenvalue weighted by Gasteiger charge is -2.67. The Morgan fingerprint density at radius 2 is 1.36 bits per heavy atom. The fraction of sp³-hybridized carbons (Fsp3) is 1.00. The Kier molecular flexibility index (Phi) is 1.80. The molecule has 0 aromatic carbocycles. The number of halogens is 2. The Labute approximate surface area is 104 Å². The Morgan fingerprint density at radius 3 is 1.71 bits per heavy atom. The highest BCUT2D eigenvalue weighted by molar-refractivity contribution is 9.10. The summed E-state index contributed by atoms with van der Waals surface area (Å²) in [6.07, 6.45) is 8.35. The van der Waals surface area contributed by atoms with Gasteiger partial charge in [0.15, 0.2) is 0 Å². The first-order chi connectivity index (χ1) is 6.24. The molecule has 3 heteroatoms. The molecular weight excluding hydrogens is 303 g/mol. The van der Waals surface area contributed by atoms with Gasteiger partial charge >= 0.3 is 0 Å². The van der Waals surface area contributed by atoms with Gasteiger partial charge in [-0.15, -0.1) is 0 Å². The average Bonchev–Trinajstić information content (AvgIpc) is 1.67. The minimum absolute atomic E-state index is 0.453. The molecule has 0 N–H and O–H groups in total. The summed E-state index contributed by atoms with van der Waals surface area (Å²) in [6.45, 7) is 2.49. The summed E-state index contributed by atoms with van der Waals surface area (Å²) in [6, 6.07) is 0. The normalized spacial score (nSPS) is 65.9. The highest BCUT2D eigenvalue weighted by atomic mass is 79.9. The molecule has 4 saturated carbocycles. The van der Waals surface area contributed by atoms with Gasteiger partial charge in [0, 0.05) is 8.65 Å². The van der Waals surface area contributed by atoms with Crippen molar-refractivity contribution in [3.63, 3.8) is 0 Å². The van der Waals surface area contributed by atoms with Gasteiger partial charge in [-0.25, -0.2) is 0 Å². The van der Waals surface area contributed by atoms with Gasteiger partial charge in [-0.1, -0.05) is 44.1 Å². The SMILES string of the molecule is BC12CC3(C)CC(Br)(C1)CC(Br)(C2)C3. The summed E-state index contributed by atoms with van der Waals surface area (Å²) in [7, 11) is 2.49. The molecule has 0 radical (unpaired) electrons. The lowest BCUT2D eigenvalue weighted by molar-refractivity contribution is 0.00581. The molecule has 0 spiro atoms. The predicted octanol–water partition coefficient (Wildman–Crippen LogP) is 3.43. The number of hydrogen-bond donors (Lipinski definition) is 0. The molecular formula is C11H17BBr2. The highest BCUT2D eigenvalue weighted by Crippen LogP contribution is 2.73. The van der Waals surface area contributed by atoms with Crippen LogP contribution in [-0.4, -0.2) is 16.5 Å². The molecule has 0 nitrogen and oxygen atoms in total. The van der Waals surface area contributed by atoms with Gasteiger partial charge in [-0.05, 0) is 43.9 Å². The highest BCUT2D eigenvalue weighted by Gasteiger charge is 2.63. The smallest absolute Gasteiger partial charge is 0.0853 e. The van der Waals surface area contributed by atoms with Gasteiger partial charge in [0.25, 0.3) is 0 Å². The molecule has 0 heterocycles. The van der Waals surface area contributed by atoms with E-state index < -0.39 is 0 Å². The molecule has 4 fully saturated rings. The molecule has 0 amide bonds. The van der Waals surface area contributed by atoms with Crippen LogP contribution in [0.1, 0.15) is 45.4 Å². The standard InChI is InChI=1S/C11H17BBr2/c1-8-2-9(12)5-10(13,3-8)7-11(14,4-8)6-9/h2-7,12H2,1H3. The topological polar surface area (TPSA) is 0 Å². The van der Waals surface area contributed by atoms with E-state index in [1.165, 1.54) is 38.5 Å². The minimum Gasteiger partial charge on any atom is -0.0853 e. The summed E-state index contributed by atoms with van der Waals surface area (Å²) in [4.78, 5) is 0. The second kappa shape index (κ2) is 2.47. The first-order valence-electron chi connectivity index (χ1n) is 5.62. The van der Waals surface area contributed by atoms with Crippen molar-refractivity contribution in [2.45, 2.75) is 59.4 Å². The maximum absolute atomic E-state index is 4.03. The molecule has 4 bridgehead atoms. The van der Waals surface area contributed by atoms with Crippen molar-refractivity contribution >= 4 is 39.7 Å². The van der Waals surface area contributed by atoms with E-state index in [0.717, 1.165) is 0 Å². The zero-order valence-electron chi connectivity index (χ0n) is 9.00. The van der Waals surface area contributed by atoms with Crippen molar-refractivity contribution < 1.29 is 0 Å². The maximum Gasteiger partial charge on any atom is 0.109 e. The minimum atomic E-state index is 0.453. The molecule has 0 saturated heterocycles. The van der Waals surface area contributed by atoms with E-state index in [2.05, 4.69) is 46.6 Å². The van der Waals surface area contributed by atoms with Crippen LogP contribution in [0.2, 0.25) is 5.31 Å². The van der Waals surface area contributed by atoms with E-state index in [1.807, 2.05) is 0 Å². The van der Waals surface area contributed by atoms with E-state index in [9.17, 15) is 0 Å². The third-order valence-electron chi connectivity index (χ3n) is 4.46. The molecule has 0 aliphatic heterocycles. The molecule has 0 aromatic heterocycles. The van der Waals surface area contributed by atoms with E-state index >= 15 is 0 Å². The van der Waals surface area contributed by atoms with Crippen molar-refractivity contribution in [2.75, 3.05) is 0 Å². The van der Waals surface area contributed by atoms with Gasteiger partial charge in [-0.3, -0.25) is 0 Å². The van der Waals surface area contributed by atoms with Crippen LogP contribution in [0.15, 0.2) is 0 Å². The van der Waals surface area contributed by atoms with Crippen LogP contribution in [0, 0.1) is 5.41 Å². The van der Waals surface area contributed by atoms with E-state index in [1.54, 1.807) is 0 Å². The second-order valence-corrected chi connectivity index (χ2v) is 10.3. The van der Waals surface area contributed by atoms with Gasteiger partial charge in [0.05, 0.1) is 0 Å². The summed E-state index contributed by atoms with van der Waals surface area (Å²) in [5.41, 5.74) is 0.594. The molecule has 14 heavy (non-hydrogen) atoms. The van der Waals surface area contributed by atoms with Crippen LogP contribution in [0.5, 0.6) is 0 Å². The van der Waals surface area contributed by atoms with Crippen molar-refractivity contribution in [3.05, 3.63) is 0 Å². The largest absolute Gasteiger partial charge is 0.109 e. The number of rotatable bonds is 0. The van der Waals surface area contributed by atoms with Gasteiger partial charge < -0.3 is 0 Å². The zero-order valence-corrected chi connectivity index (χ0v) is 12.2. The Hall–Kier alpha value is 1.02. The van der Waals surface area contributed by atoms with Crippen LogP contribution in [0.25, 0.3) is 0 Å². The summed E-state index contributed by atoms with van der Waals surface area (Å²) in [5, 5.41) is 0.594. The van der Waals surface area contributed by atoms with Crippen LogP contribution >= 0.6 is 31.9 Å². The van der Waals surface area contributed by atoms with Gasteiger partial charge in [0.1, 0.15) is 7.85 Å². The Bertz CT molecular complexity index is 206. The Balaban J connectivity index is 2.08. The first-order valence-corrected chi connectivity index (χ1v) is 7.21. The molecule has 4 rings (SSSR count). The fourth-order valence-electron chi connectivity index (χ4n) is 5.41. The average molecular weight is 320 g/mol. The number of alkyl halides is 2. The zero-order chi connectivity index (χ0) is 10.2. The van der Waals surface area contributed by atoms with E-state index in [0.29, 0.717) is 19.4 Å². The van der Waals surface area contributed by atoms with Crippen molar-refractivity contribution in [2.24, 2.45) is 5.41 Å². The van der Waals surface area contributed by atoms with Crippen molar-refractivity contribution in [1.29, 1.82) is 0 Å². The molecule has 4 aliphatic carbocycles. The lowest BCUT2D eigenvalue weighted by Crippen LogP contribution is -2.59. The maximum atomic E-state index is 4.03.